The molecular weight excluding hydrogens is 404 g/mol. The Bertz CT molecular complexity index is 892. The molecule has 0 saturated heterocycles. The van der Waals surface area contributed by atoms with E-state index < -0.39 is 46.7 Å². The molecule has 9 atom stereocenters. The lowest BCUT2D eigenvalue weighted by molar-refractivity contribution is -0.211. The number of hydrogen-bond acceptors (Lipinski definition) is 8. The summed E-state index contributed by atoms with van der Waals surface area (Å²) in [5.41, 5.74) is -3.14. The lowest BCUT2D eigenvalue weighted by Crippen LogP contribution is -2.65. The maximum absolute atomic E-state index is 13.0. The fraction of sp³-hybridized carbons (Fsp3) is 0.696. The van der Waals surface area contributed by atoms with Crippen LogP contribution in [0.5, 0.6) is 0 Å². The summed E-state index contributed by atoms with van der Waals surface area (Å²) in [4.78, 5) is 36.1. The third-order valence-corrected chi connectivity index (χ3v) is 8.59. The first-order valence-corrected chi connectivity index (χ1v) is 10.8. The van der Waals surface area contributed by atoms with Crippen LogP contribution in [-0.4, -0.2) is 62.1 Å². The summed E-state index contributed by atoms with van der Waals surface area (Å²) in [6, 6.07) is 0. The van der Waals surface area contributed by atoms with Crippen molar-refractivity contribution in [3.63, 3.8) is 0 Å². The number of rotatable bonds is 3. The number of Topliss-reactive ketones (excluding diaryl/α,β-unsaturated/α-hetero) is 1. The lowest BCUT2D eigenvalue weighted by atomic mass is 9.46. The van der Waals surface area contributed by atoms with Gasteiger partial charge in [-0.05, 0) is 49.7 Å². The summed E-state index contributed by atoms with van der Waals surface area (Å²) in [5, 5.41) is 43.7. The highest BCUT2D eigenvalue weighted by Gasteiger charge is 2.72. The zero-order valence-corrected chi connectivity index (χ0v) is 17.9. The van der Waals surface area contributed by atoms with Crippen molar-refractivity contribution in [2.24, 2.45) is 28.6 Å². The Hall–Kier alpha value is -1.87. The van der Waals surface area contributed by atoms with Crippen molar-refractivity contribution in [1.29, 1.82) is 0 Å². The van der Waals surface area contributed by atoms with Crippen LogP contribution in [0.3, 0.4) is 0 Å². The molecule has 8 heteroatoms. The van der Waals surface area contributed by atoms with E-state index >= 15 is 0 Å². The number of fused-ring (bicyclic) bond motifs is 5. The number of ether oxygens (including phenoxy) is 1. The van der Waals surface area contributed by atoms with E-state index in [0.29, 0.717) is 12.8 Å². The molecule has 0 radical (unpaired) electrons. The van der Waals surface area contributed by atoms with Gasteiger partial charge in [-0.25, -0.2) is 0 Å². The molecule has 0 aromatic heterocycles. The molecule has 4 aliphatic rings. The summed E-state index contributed by atoms with van der Waals surface area (Å²) in [6.45, 7) is 4.68. The van der Waals surface area contributed by atoms with E-state index in [2.05, 4.69) is 4.74 Å². The third-order valence-electron chi connectivity index (χ3n) is 8.59. The molecule has 0 heterocycles. The highest BCUT2D eigenvalue weighted by Crippen LogP contribution is 2.67. The maximum Gasteiger partial charge on any atom is 0.305 e. The number of hydrogen-bond donors (Lipinski definition) is 4. The highest BCUT2D eigenvalue weighted by atomic mass is 16.6. The van der Waals surface area contributed by atoms with Gasteiger partial charge in [-0.15, -0.1) is 0 Å². The Morgan fingerprint density at radius 3 is 2.58 bits per heavy atom. The molecule has 0 aromatic carbocycles. The molecule has 4 N–H and O–H groups in total. The Labute approximate surface area is 180 Å². The summed E-state index contributed by atoms with van der Waals surface area (Å²) in [5.74, 6) is -2.79. The van der Waals surface area contributed by atoms with E-state index in [0.717, 1.165) is 12.5 Å². The molecule has 8 nitrogen and oxygen atoms in total. The Kier molecular flexibility index (Phi) is 5.09. The quantitative estimate of drug-likeness (QED) is 0.370. The normalized spacial score (nSPS) is 47.0. The smallest absolute Gasteiger partial charge is 0.305 e. The van der Waals surface area contributed by atoms with Gasteiger partial charge in [0.25, 0.3) is 6.29 Å². The topological polar surface area (TPSA) is 141 Å². The molecule has 2 unspecified atom stereocenters. The average molecular weight is 434 g/mol. The van der Waals surface area contributed by atoms with Gasteiger partial charge in [-0.1, -0.05) is 25.5 Å². The van der Waals surface area contributed by atoms with E-state index in [1.807, 2.05) is 13.0 Å². The van der Waals surface area contributed by atoms with Crippen LogP contribution < -0.4 is 0 Å². The molecule has 31 heavy (non-hydrogen) atoms. The van der Waals surface area contributed by atoms with Gasteiger partial charge in [-0.3, -0.25) is 14.4 Å². The molecule has 0 bridgehead atoms. The molecule has 4 rings (SSSR count). The van der Waals surface area contributed by atoms with Crippen molar-refractivity contribution < 1.29 is 39.5 Å². The second-order valence-corrected chi connectivity index (χ2v) is 10.1. The minimum Gasteiger partial charge on any atom is -0.428 e. The predicted octanol–water partition coefficient (Wildman–Crippen LogP) is 0.418. The van der Waals surface area contributed by atoms with Crippen LogP contribution in [0.4, 0.5) is 0 Å². The average Bonchev–Trinajstić information content (AvgIpc) is 2.88. The van der Waals surface area contributed by atoms with Crippen molar-refractivity contribution in [3.05, 3.63) is 23.8 Å². The molecule has 0 aliphatic heterocycles. The van der Waals surface area contributed by atoms with Crippen LogP contribution in [0.25, 0.3) is 0 Å². The fourth-order valence-electron chi connectivity index (χ4n) is 7.18. The molecular formula is C23H30O8. The Morgan fingerprint density at radius 1 is 1.26 bits per heavy atom. The fourth-order valence-corrected chi connectivity index (χ4v) is 7.18. The van der Waals surface area contributed by atoms with Crippen molar-refractivity contribution >= 4 is 17.5 Å². The molecule has 3 saturated carbocycles. The minimum atomic E-state index is -2.37. The number of ketones is 2. The largest absolute Gasteiger partial charge is 0.428 e. The monoisotopic (exact) mass is 434 g/mol. The maximum atomic E-state index is 13.0. The summed E-state index contributed by atoms with van der Waals surface area (Å²) in [7, 11) is 0. The van der Waals surface area contributed by atoms with Gasteiger partial charge >= 0.3 is 5.97 Å². The number of carbonyl (C=O) groups excluding carboxylic acids is 3. The van der Waals surface area contributed by atoms with E-state index in [4.69, 9.17) is 0 Å². The van der Waals surface area contributed by atoms with Crippen molar-refractivity contribution in [3.8, 4) is 0 Å². The molecule has 170 valence electrons. The van der Waals surface area contributed by atoms with E-state index in [9.17, 15) is 34.8 Å². The van der Waals surface area contributed by atoms with E-state index in [1.165, 1.54) is 6.08 Å². The molecule has 0 spiro atoms. The van der Waals surface area contributed by atoms with Crippen molar-refractivity contribution in [2.75, 3.05) is 0 Å². The minimum absolute atomic E-state index is 0.0234. The zero-order valence-electron chi connectivity index (χ0n) is 17.9. The van der Waals surface area contributed by atoms with E-state index in [1.54, 1.807) is 13.0 Å². The summed E-state index contributed by atoms with van der Waals surface area (Å²) < 4.78 is 4.58. The second kappa shape index (κ2) is 7.07. The molecule has 4 aliphatic carbocycles. The molecule has 3 fully saturated rings. The van der Waals surface area contributed by atoms with Crippen molar-refractivity contribution in [1.82, 2.24) is 0 Å². The Morgan fingerprint density at radius 2 is 1.94 bits per heavy atom. The van der Waals surface area contributed by atoms with Crippen LogP contribution >= 0.6 is 0 Å². The van der Waals surface area contributed by atoms with Crippen molar-refractivity contribution in [2.45, 2.75) is 70.6 Å². The summed E-state index contributed by atoms with van der Waals surface area (Å²) in [6.07, 6.45) is 1.86. The first kappa shape index (κ1) is 22.3. The molecule has 0 aromatic rings. The SMILES string of the molecule is CC(=O)OC(O)C(=O)[C@@]1(O)[C@H](O)C[C@H]2[C@@H]3CCC4=CC(=O)C=C[C@]4(C)[C@H]3C(O)C[C@@]21C. The van der Waals surface area contributed by atoms with Crippen LogP contribution in [-0.2, 0) is 19.1 Å². The van der Waals surface area contributed by atoms with Gasteiger partial charge in [0.15, 0.2) is 11.4 Å². The predicted molar refractivity (Wildman–Crippen MR) is 107 cm³/mol. The van der Waals surface area contributed by atoms with Gasteiger partial charge in [0.1, 0.15) is 0 Å². The lowest BCUT2D eigenvalue weighted by Gasteiger charge is -2.59. The van der Waals surface area contributed by atoms with Crippen LogP contribution in [0.2, 0.25) is 0 Å². The van der Waals surface area contributed by atoms with Gasteiger partial charge < -0.3 is 25.2 Å². The van der Waals surface area contributed by atoms with Crippen LogP contribution in [0.1, 0.15) is 46.5 Å². The second-order valence-electron chi connectivity index (χ2n) is 10.1. The number of esters is 1. The number of aliphatic hydroxyl groups is 4. The zero-order chi connectivity index (χ0) is 22.9. The number of aliphatic hydroxyl groups excluding tert-OH is 3. The van der Waals surface area contributed by atoms with Crippen LogP contribution in [0.15, 0.2) is 23.8 Å². The van der Waals surface area contributed by atoms with Gasteiger partial charge in [0.2, 0.25) is 5.78 Å². The first-order chi connectivity index (χ1) is 14.4. The summed E-state index contributed by atoms with van der Waals surface area (Å²) >= 11 is 0. The van der Waals surface area contributed by atoms with Crippen LogP contribution in [0, 0.1) is 28.6 Å². The van der Waals surface area contributed by atoms with Gasteiger partial charge in [0, 0.05) is 23.7 Å². The van der Waals surface area contributed by atoms with Gasteiger partial charge in [0.05, 0.1) is 12.2 Å². The number of carbonyl (C=O) groups is 3. The third kappa shape index (κ3) is 2.92. The standard InChI is InChI=1S/C23H30O8/c1-11(24)31-20(29)19(28)23(30)17(27)9-15-14-5-4-12-8-13(25)6-7-21(12,2)18(14)16(26)10-22(15,23)3/h6-8,14-18,20,26-27,29-30H,4-5,9-10H2,1-3H3/t14-,15-,16?,17+,18+,20?,21-,22-,23-/m0/s1. The Balaban J connectivity index is 1.72. The highest BCUT2D eigenvalue weighted by molar-refractivity contribution is 6.01. The first-order valence-electron chi connectivity index (χ1n) is 10.8. The molecule has 0 amide bonds. The van der Waals surface area contributed by atoms with E-state index in [-0.39, 0.29) is 36.4 Å². The number of allylic oxidation sites excluding steroid dienone is 4. The van der Waals surface area contributed by atoms with Gasteiger partial charge in [-0.2, -0.15) is 0 Å².